The van der Waals surface area contributed by atoms with E-state index in [-0.39, 0.29) is 40.9 Å². The van der Waals surface area contributed by atoms with Crippen molar-refractivity contribution in [2.75, 3.05) is 5.32 Å². The van der Waals surface area contributed by atoms with Gasteiger partial charge in [0.2, 0.25) is 5.91 Å². The Kier molecular flexibility index (Phi) is 8.48. The van der Waals surface area contributed by atoms with Gasteiger partial charge in [-0.15, -0.1) is 0 Å². The Morgan fingerprint density at radius 2 is 1.69 bits per heavy atom. The summed E-state index contributed by atoms with van der Waals surface area (Å²) in [6, 6.07) is 15.4. The van der Waals surface area contributed by atoms with Gasteiger partial charge in [0, 0.05) is 17.1 Å². The average molecular weight is 511 g/mol. The number of nitrogens with two attached hydrogens (primary N) is 1. The van der Waals surface area contributed by atoms with E-state index in [1.165, 1.54) is 42.5 Å². The number of rotatable bonds is 9. The third-order valence-electron chi connectivity index (χ3n) is 5.00. The zero-order valence-electron chi connectivity index (χ0n) is 18.8. The Balaban J connectivity index is 1.60. The molecule has 1 amide bonds. The van der Waals surface area contributed by atoms with Crippen LogP contribution >= 0.6 is 11.6 Å². The number of hydrogen-bond acceptors (Lipinski definition) is 6. The highest BCUT2D eigenvalue weighted by Crippen LogP contribution is 2.24. The van der Waals surface area contributed by atoms with Crippen molar-refractivity contribution in [2.24, 2.45) is 5.73 Å². The molecule has 3 aromatic rings. The Morgan fingerprint density at radius 1 is 1.03 bits per heavy atom. The van der Waals surface area contributed by atoms with E-state index in [1.807, 2.05) is 0 Å². The molecule has 0 saturated heterocycles. The first-order valence-electron chi connectivity index (χ1n) is 10.6. The maximum atomic E-state index is 12.5. The summed E-state index contributed by atoms with van der Waals surface area (Å²) in [5, 5.41) is 31.3. The smallest absolute Gasteiger partial charge is 0.343 e. The maximum absolute atomic E-state index is 12.5. The second-order valence-corrected chi connectivity index (χ2v) is 8.17. The standard InChI is InChI=1S/C25H23ClN4O6/c26-20-13-19(36-24(35)15-3-6-17(7-4-15)29-25(27)28)10-5-16(20)12-22(32)30-21(23(33)34)11-14-1-8-18(31)9-2-14/h1-10,13,21,31H,11-12H2,(H,30,32)(H,33,34)(H4,27,28,29)/t21-/m0/s1. The Bertz CT molecular complexity index is 1280. The van der Waals surface area contributed by atoms with E-state index in [2.05, 4.69) is 10.6 Å². The lowest BCUT2D eigenvalue weighted by molar-refractivity contribution is -0.141. The summed E-state index contributed by atoms with van der Waals surface area (Å²) in [7, 11) is 0. The van der Waals surface area contributed by atoms with Crippen LogP contribution in [0.4, 0.5) is 5.69 Å². The first kappa shape index (κ1) is 26.0. The number of carbonyl (C=O) groups excluding carboxylic acids is 2. The summed E-state index contributed by atoms with van der Waals surface area (Å²) in [6.07, 6.45) is -0.146. The molecule has 3 aromatic carbocycles. The average Bonchev–Trinajstić information content (AvgIpc) is 2.81. The third kappa shape index (κ3) is 7.47. The number of nitrogens with one attached hydrogen (secondary N) is 3. The van der Waals surface area contributed by atoms with Crippen molar-refractivity contribution >= 4 is 41.1 Å². The van der Waals surface area contributed by atoms with Crippen molar-refractivity contribution in [3.63, 3.8) is 0 Å². The molecule has 3 rings (SSSR count). The molecule has 0 heterocycles. The van der Waals surface area contributed by atoms with Crippen LogP contribution in [-0.2, 0) is 22.4 Å². The predicted molar refractivity (Wildman–Crippen MR) is 133 cm³/mol. The molecular formula is C25H23ClN4O6. The lowest BCUT2D eigenvalue weighted by atomic mass is 10.0. The number of halogens is 1. The predicted octanol–water partition coefficient (Wildman–Crippen LogP) is 2.92. The van der Waals surface area contributed by atoms with Crippen LogP contribution in [0.3, 0.4) is 0 Å². The molecule has 0 fully saturated rings. The molecule has 1 atom stereocenters. The molecule has 0 aliphatic rings. The van der Waals surface area contributed by atoms with E-state index in [9.17, 15) is 24.6 Å². The molecule has 36 heavy (non-hydrogen) atoms. The number of carbonyl (C=O) groups is 3. The van der Waals surface area contributed by atoms with Gasteiger partial charge in [-0.3, -0.25) is 10.2 Å². The molecule has 0 saturated carbocycles. The van der Waals surface area contributed by atoms with Gasteiger partial charge >= 0.3 is 11.9 Å². The molecule has 0 bridgehead atoms. The number of aromatic hydroxyl groups is 1. The molecule has 0 radical (unpaired) electrons. The van der Waals surface area contributed by atoms with Crippen LogP contribution in [0.25, 0.3) is 0 Å². The van der Waals surface area contributed by atoms with Crippen LogP contribution in [0.1, 0.15) is 21.5 Å². The summed E-state index contributed by atoms with van der Waals surface area (Å²) >= 11 is 6.26. The minimum absolute atomic E-state index is 0.0375. The number of benzene rings is 3. The molecule has 0 aromatic heterocycles. The number of hydrogen-bond donors (Lipinski definition) is 6. The minimum atomic E-state index is -1.20. The lowest BCUT2D eigenvalue weighted by Gasteiger charge is -2.15. The molecule has 0 unspecified atom stereocenters. The maximum Gasteiger partial charge on any atom is 0.343 e. The Hall–Kier alpha value is -4.57. The highest BCUT2D eigenvalue weighted by atomic mass is 35.5. The normalized spacial score (nSPS) is 11.2. The van der Waals surface area contributed by atoms with Gasteiger partial charge in [-0.2, -0.15) is 0 Å². The van der Waals surface area contributed by atoms with Gasteiger partial charge in [0.25, 0.3) is 0 Å². The van der Waals surface area contributed by atoms with Gasteiger partial charge in [-0.05, 0) is 59.7 Å². The number of phenolic OH excluding ortho intramolecular Hbond substituents is 1. The largest absolute Gasteiger partial charge is 0.508 e. The van der Waals surface area contributed by atoms with E-state index in [0.29, 0.717) is 16.8 Å². The molecule has 7 N–H and O–H groups in total. The zero-order valence-corrected chi connectivity index (χ0v) is 19.6. The summed E-state index contributed by atoms with van der Waals surface area (Å²) in [5.74, 6) is -2.40. The first-order chi connectivity index (χ1) is 17.1. The highest BCUT2D eigenvalue weighted by molar-refractivity contribution is 6.31. The SMILES string of the molecule is N=C(N)Nc1ccc(C(=O)Oc2ccc(CC(=O)N[C@@H](Cc3ccc(O)cc3)C(=O)O)c(Cl)c2)cc1. The number of amides is 1. The lowest BCUT2D eigenvalue weighted by Crippen LogP contribution is -2.43. The van der Waals surface area contributed by atoms with Gasteiger partial charge in [0.05, 0.1) is 12.0 Å². The fourth-order valence-electron chi connectivity index (χ4n) is 3.23. The van der Waals surface area contributed by atoms with E-state index < -0.39 is 23.9 Å². The van der Waals surface area contributed by atoms with E-state index in [1.54, 1.807) is 24.3 Å². The van der Waals surface area contributed by atoms with Crippen molar-refractivity contribution in [3.8, 4) is 11.5 Å². The van der Waals surface area contributed by atoms with Gasteiger partial charge < -0.3 is 31.3 Å². The van der Waals surface area contributed by atoms with Crippen LogP contribution in [0.2, 0.25) is 5.02 Å². The fraction of sp³-hybridized carbons (Fsp3) is 0.120. The monoisotopic (exact) mass is 510 g/mol. The number of guanidine groups is 1. The number of phenols is 1. The number of aliphatic carboxylic acids is 1. The van der Waals surface area contributed by atoms with Crippen LogP contribution in [0.5, 0.6) is 11.5 Å². The number of carboxylic acids is 1. The minimum Gasteiger partial charge on any atom is -0.508 e. The van der Waals surface area contributed by atoms with Crippen molar-refractivity contribution in [1.29, 1.82) is 5.41 Å². The van der Waals surface area contributed by atoms with Gasteiger partial charge in [-0.1, -0.05) is 29.8 Å². The van der Waals surface area contributed by atoms with Gasteiger partial charge in [-0.25, -0.2) is 9.59 Å². The number of anilines is 1. The van der Waals surface area contributed by atoms with Gasteiger partial charge in [0.1, 0.15) is 17.5 Å². The third-order valence-corrected chi connectivity index (χ3v) is 5.35. The van der Waals surface area contributed by atoms with Crippen LogP contribution in [0, 0.1) is 5.41 Å². The van der Waals surface area contributed by atoms with Crippen LogP contribution < -0.4 is 21.1 Å². The summed E-state index contributed by atoms with van der Waals surface area (Å²) in [5.41, 5.74) is 7.12. The first-order valence-corrected chi connectivity index (χ1v) is 11.0. The molecule has 0 spiro atoms. The second-order valence-electron chi connectivity index (χ2n) is 7.76. The Morgan fingerprint density at radius 3 is 2.28 bits per heavy atom. The molecule has 11 heteroatoms. The Labute approximate surface area is 211 Å². The van der Waals surface area contributed by atoms with Crippen molar-refractivity contribution in [1.82, 2.24) is 5.32 Å². The molecular weight excluding hydrogens is 488 g/mol. The fourth-order valence-corrected chi connectivity index (χ4v) is 3.47. The summed E-state index contributed by atoms with van der Waals surface area (Å²) < 4.78 is 5.33. The van der Waals surface area contributed by atoms with E-state index in [0.717, 1.165) is 0 Å². The van der Waals surface area contributed by atoms with Gasteiger partial charge in [0.15, 0.2) is 5.96 Å². The van der Waals surface area contributed by atoms with Crippen molar-refractivity contribution in [3.05, 3.63) is 88.4 Å². The molecule has 0 aliphatic heterocycles. The van der Waals surface area contributed by atoms with Crippen molar-refractivity contribution in [2.45, 2.75) is 18.9 Å². The second kappa shape index (κ2) is 11.7. The molecule has 186 valence electrons. The molecule has 10 nitrogen and oxygen atoms in total. The summed E-state index contributed by atoms with van der Waals surface area (Å²) in [4.78, 5) is 36.5. The number of esters is 1. The zero-order chi connectivity index (χ0) is 26.2. The quantitative estimate of drug-likeness (QED) is 0.110. The van der Waals surface area contributed by atoms with Crippen LogP contribution in [0.15, 0.2) is 66.7 Å². The van der Waals surface area contributed by atoms with E-state index >= 15 is 0 Å². The van der Waals surface area contributed by atoms with Crippen LogP contribution in [-0.4, -0.2) is 40.1 Å². The number of carboxylic acid groups (broad SMARTS) is 1. The summed E-state index contributed by atoms with van der Waals surface area (Å²) in [6.45, 7) is 0. The molecule has 0 aliphatic carbocycles. The van der Waals surface area contributed by atoms with Crippen molar-refractivity contribution < 1.29 is 29.3 Å². The highest BCUT2D eigenvalue weighted by Gasteiger charge is 2.21. The number of ether oxygens (including phenoxy) is 1. The van der Waals surface area contributed by atoms with E-state index in [4.69, 9.17) is 27.5 Å². The topological polar surface area (TPSA) is 175 Å².